The number of nitrogens with one attached hydrogen (secondary N) is 1. The number of benzene rings is 1. The second-order valence-corrected chi connectivity index (χ2v) is 7.53. The topological polar surface area (TPSA) is 58.6 Å². The number of ether oxygens (including phenoxy) is 1. The van der Waals surface area contributed by atoms with Crippen LogP contribution in [0.1, 0.15) is 25.3 Å². The molecule has 118 valence electrons. The number of hydrogen-bond donors (Lipinski definition) is 1. The minimum absolute atomic E-state index is 0.00596. The average molecular weight is 333 g/mol. The summed E-state index contributed by atoms with van der Waals surface area (Å²) in [6.07, 6.45) is 1.76. The minimum atomic E-state index is -3.60. The molecule has 0 radical (unpaired) electrons. The Labute approximate surface area is 131 Å². The van der Waals surface area contributed by atoms with Crippen LogP contribution in [-0.2, 0) is 16.6 Å². The van der Waals surface area contributed by atoms with Crippen LogP contribution in [0.4, 0.5) is 0 Å². The fraction of sp³-hybridized carbons (Fsp3) is 0.571. The molecule has 1 fully saturated rings. The van der Waals surface area contributed by atoms with E-state index in [2.05, 4.69) is 5.32 Å². The fourth-order valence-electron chi connectivity index (χ4n) is 2.76. The van der Waals surface area contributed by atoms with E-state index >= 15 is 0 Å². The third-order valence-electron chi connectivity index (χ3n) is 3.75. The second-order valence-electron chi connectivity index (χ2n) is 5.23. The molecule has 0 bridgehead atoms. The highest BCUT2D eigenvalue weighted by atomic mass is 35.5. The number of sulfonamides is 1. The van der Waals surface area contributed by atoms with E-state index < -0.39 is 10.0 Å². The van der Waals surface area contributed by atoms with Gasteiger partial charge in [-0.2, -0.15) is 4.31 Å². The quantitative estimate of drug-likeness (QED) is 0.898. The summed E-state index contributed by atoms with van der Waals surface area (Å²) in [6.45, 7) is 2.96. The molecular formula is C14H21ClN2O3S. The third-order valence-corrected chi connectivity index (χ3v) is 5.98. The van der Waals surface area contributed by atoms with E-state index in [1.54, 1.807) is 13.1 Å². The summed E-state index contributed by atoms with van der Waals surface area (Å²) in [7, 11) is -0.328. The van der Waals surface area contributed by atoms with Gasteiger partial charge in [-0.3, -0.25) is 0 Å². The van der Waals surface area contributed by atoms with Gasteiger partial charge in [-0.15, -0.1) is 0 Å². The maximum atomic E-state index is 12.9. The molecule has 1 unspecified atom stereocenters. The lowest BCUT2D eigenvalue weighted by Crippen LogP contribution is -2.34. The normalized spacial score (nSPS) is 19.9. The summed E-state index contributed by atoms with van der Waals surface area (Å²) in [5, 5.41) is 3.39. The molecule has 1 N–H and O–H groups in total. The molecule has 1 aromatic rings. The number of rotatable bonds is 5. The predicted molar refractivity (Wildman–Crippen MR) is 83.4 cm³/mol. The number of halogens is 1. The molecule has 1 saturated heterocycles. The zero-order valence-electron chi connectivity index (χ0n) is 12.5. The van der Waals surface area contributed by atoms with Gasteiger partial charge in [-0.1, -0.05) is 11.6 Å². The SMILES string of the molecule is CNCc1cc(Cl)cc(S(=O)(=O)N2CCCC2C)c1OC. The van der Waals surface area contributed by atoms with Crippen LogP contribution < -0.4 is 10.1 Å². The molecule has 1 aliphatic heterocycles. The molecule has 1 aromatic carbocycles. The van der Waals surface area contributed by atoms with Crippen molar-refractivity contribution < 1.29 is 13.2 Å². The van der Waals surface area contributed by atoms with Gasteiger partial charge in [-0.05, 0) is 38.9 Å². The lowest BCUT2D eigenvalue weighted by molar-refractivity contribution is 0.382. The van der Waals surface area contributed by atoms with Crippen LogP contribution in [0.2, 0.25) is 5.02 Å². The molecule has 0 aliphatic carbocycles. The van der Waals surface area contributed by atoms with Crippen molar-refractivity contribution in [3.05, 3.63) is 22.7 Å². The maximum absolute atomic E-state index is 12.9. The lowest BCUT2D eigenvalue weighted by Gasteiger charge is -2.23. The number of methoxy groups -OCH3 is 1. The Morgan fingerprint density at radius 3 is 2.71 bits per heavy atom. The van der Waals surface area contributed by atoms with E-state index in [0.29, 0.717) is 23.9 Å². The largest absolute Gasteiger partial charge is 0.495 e. The molecule has 1 aliphatic rings. The smallest absolute Gasteiger partial charge is 0.247 e. The Kier molecular flexibility index (Phi) is 5.14. The predicted octanol–water partition coefficient (Wildman–Crippen LogP) is 2.24. The van der Waals surface area contributed by atoms with Gasteiger partial charge < -0.3 is 10.1 Å². The monoisotopic (exact) mass is 332 g/mol. The van der Waals surface area contributed by atoms with Gasteiger partial charge in [0.25, 0.3) is 0 Å². The number of nitrogens with zero attached hydrogens (tertiary/aromatic N) is 1. The van der Waals surface area contributed by atoms with E-state index in [9.17, 15) is 8.42 Å². The Hall–Kier alpha value is -0.820. The summed E-state index contributed by atoms with van der Waals surface area (Å²) in [5.41, 5.74) is 0.734. The first-order chi connectivity index (χ1) is 9.91. The Bertz CT molecular complexity index is 619. The Morgan fingerprint density at radius 1 is 1.48 bits per heavy atom. The van der Waals surface area contributed by atoms with Gasteiger partial charge in [0.05, 0.1) is 7.11 Å². The fourth-order valence-corrected chi connectivity index (χ4v) is 4.99. The van der Waals surface area contributed by atoms with Crippen molar-refractivity contribution in [3.63, 3.8) is 0 Å². The van der Waals surface area contributed by atoms with Crippen LogP contribution in [0.5, 0.6) is 5.75 Å². The van der Waals surface area contributed by atoms with E-state index in [4.69, 9.17) is 16.3 Å². The molecule has 0 saturated carbocycles. The van der Waals surface area contributed by atoms with Gasteiger partial charge in [0.2, 0.25) is 10.0 Å². The van der Waals surface area contributed by atoms with Crippen LogP contribution in [0, 0.1) is 0 Å². The summed E-state index contributed by atoms with van der Waals surface area (Å²) >= 11 is 6.10. The Morgan fingerprint density at radius 2 is 2.19 bits per heavy atom. The van der Waals surface area contributed by atoms with Crippen LogP contribution in [0.3, 0.4) is 0 Å². The van der Waals surface area contributed by atoms with Crippen LogP contribution in [-0.4, -0.2) is 39.5 Å². The summed E-state index contributed by atoms with van der Waals surface area (Å²) in [4.78, 5) is 0.150. The minimum Gasteiger partial charge on any atom is -0.495 e. The van der Waals surface area contributed by atoms with Crippen molar-refractivity contribution in [2.75, 3.05) is 20.7 Å². The molecule has 0 amide bonds. The van der Waals surface area contributed by atoms with Gasteiger partial charge in [0, 0.05) is 29.7 Å². The maximum Gasteiger partial charge on any atom is 0.247 e. The molecule has 2 rings (SSSR count). The van der Waals surface area contributed by atoms with E-state index in [-0.39, 0.29) is 10.9 Å². The van der Waals surface area contributed by atoms with Crippen molar-refractivity contribution in [3.8, 4) is 5.75 Å². The first kappa shape index (κ1) is 16.5. The van der Waals surface area contributed by atoms with Crippen molar-refractivity contribution in [1.82, 2.24) is 9.62 Å². The highest BCUT2D eigenvalue weighted by molar-refractivity contribution is 7.89. The first-order valence-corrected chi connectivity index (χ1v) is 8.76. The van der Waals surface area contributed by atoms with Gasteiger partial charge in [0.15, 0.2) is 0 Å². The van der Waals surface area contributed by atoms with Crippen molar-refractivity contribution in [1.29, 1.82) is 0 Å². The summed E-state index contributed by atoms with van der Waals surface area (Å²) < 4.78 is 32.7. The van der Waals surface area contributed by atoms with Gasteiger partial charge in [-0.25, -0.2) is 8.42 Å². The molecule has 7 heteroatoms. The van der Waals surface area contributed by atoms with E-state index in [0.717, 1.165) is 18.4 Å². The molecule has 0 spiro atoms. The van der Waals surface area contributed by atoms with Crippen molar-refractivity contribution >= 4 is 21.6 Å². The Balaban J connectivity index is 2.56. The zero-order valence-corrected chi connectivity index (χ0v) is 14.1. The number of hydrogen-bond acceptors (Lipinski definition) is 4. The standard InChI is InChI=1S/C14H21ClN2O3S/c1-10-5-4-6-17(10)21(18,19)13-8-12(15)7-11(9-16-2)14(13)20-3/h7-8,10,16H,4-6,9H2,1-3H3. The second kappa shape index (κ2) is 6.52. The molecule has 21 heavy (non-hydrogen) atoms. The molecule has 1 heterocycles. The van der Waals surface area contributed by atoms with Gasteiger partial charge >= 0.3 is 0 Å². The van der Waals surface area contributed by atoms with E-state index in [1.807, 2.05) is 6.92 Å². The lowest BCUT2D eigenvalue weighted by atomic mass is 10.2. The van der Waals surface area contributed by atoms with Crippen LogP contribution in [0.25, 0.3) is 0 Å². The van der Waals surface area contributed by atoms with Crippen LogP contribution in [0.15, 0.2) is 17.0 Å². The average Bonchev–Trinajstić information content (AvgIpc) is 2.85. The van der Waals surface area contributed by atoms with Crippen molar-refractivity contribution in [2.45, 2.75) is 37.2 Å². The first-order valence-electron chi connectivity index (χ1n) is 6.94. The van der Waals surface area contributed by atoms with Crippen molar-refractivity contribution in [2.24, 2.45) is 0 Å². The van der Waals surface area contributed by atoms with E-state index in [1.165, 1.54) is 17.5 Å². The highest BCUT2D eigenvalue weighted by Crippen LogP contribution is 2.36. The molecular weight excluding hydrogens is 312 g/mol. The summed E-state index contributed by atoms with van der Waals surface area (Å²) in [5.74, 6) is 0.368. The molecule has 0 aromatic heterocycles. The van der Waals surface area contributed by atoms with Gasteiger partial charge in [0.1, 0.15) is 10.6 Å². The third kappa shape index (κ3) is 3.18. The molecule has 5 nitrogen and oxygen atoms in total. The molecule has 1 atom stereocenters. The summed E-state index contributed by atoms with van der Waals surface area (Å²) in [6, 6.07) is 3.20. The zero-order chi connectivity index (χ0) is 15.6. The highest BCUT2D eigenvalue weighted by Gasteiger charge is 2.35. The van der Waals surface area contributed by atoms with Crippen LogP contribution >= 0.6 is 11.6 Å².